The molecular weight excluding hydrogens is 608 g/mol. The third-order valence-electron chi connectivity index (χ3n) is 5.16. The molecule has 0 radical (unpaired) electrons. The van der Waals surface area contributed by atoms with Crippen LogP contribution in [-0.4, -0.2) is 23.6 Å². The van der Waals surface area contributed by atoms with E-state index < -0.39 is 28.8 Å². The highest BCUT2D eigenvalue weighted by atomic mass is 35.5. The van der Waals surface area contributed by atoms with Gasteiger partial charge in [0.15, 0.2) is 11.9 Å². The molecule has 0 aliphatic heterocycles. The second-order valence-electron chi connectivity index (χ2n) is 8.15. The molecule has 0 spiro atoms. The molecule has 40 heavy (non-hydrogen) atoms. The van der Waals surface area contributed by atoms with Gasteiger partial charge in [0.1, 0.15) is 17.3 Å². The zero-order valence-corrected chi connectivity index (χ0v) is 24.4. The van der Waals surface area contributed by atoms with Gasteiger partial charge < -0.3 is 24.6 Å². The minimum absolute atomic E-state index is 0.0260. The van der Waals surface area contributed by atoms with Crippen LogP contribution in [0.25, 0.3) is 0 Å². The lowest BCUT2D eigenvalue weighted by Crippen LogP contribution is -2.20. The number of thioether (sulfide) groups is 2. The van der Waals surface area contributed by atoms with Crippen molar-refractivity contribution in [3.63, 3.8) is 0 Å². The number of nitrogens with one attached hydrogen (secondary N) is 2. The topological polar surface area (TPSA) is 87.6 Å². The van der Waals surface area contributed by atoms with Crippen LogP contribution in [-0.2, 0) is 22.5 Å². The van der Waals surface area contributed by atoms with Gasteiger partial charge in [-0.25, -0.2) is 4.79 Å². The van der Waals surface area contributed by atoms with Crippen LogP contribution >= 0.6 is 46.7 Å². The molecule has 1 atom stereocenters. The van der Waals surface area contributed by atoms with E-state index in [-0.39, 0.29) is 11.4 Å². The Morgan fingerprint density at radius 3 is 2.20 bits per heavy atom. The van der Waals surface area contributed by atoms with Crippen molar-refractivity contribution in [2.75, 3.05) is 23.1 Å². The predicted molar refractivity (Wildman–Crippen MR) is 157 cm³/mol. The van der Waals surface area contributed by atoms with E-state index in [2.05, 4.69) is 10.6 Å². The number of hydrogen-bond donors (Lipinski definition) is 3. The lowest BCUT2D eigenvalue weighted by Gasteiger charge is -2.16. The Hall–Kier alpha value is -2.86. The zero-order chi connectivity index (χ0) is 29.3. The van der Waals surface area contributed by atoms with Gasteiger partial charge in [-0.3, -0.25) is 0 Å². The first kappa shape index (κ1) is 31.7. The maximum atomic E-state index is 12.9. The van der Waals surface area contributed by atoms with E-state index in [1.807, 2.05) is 48.9 Å². The van der Waals surface area contributed by atoms with Crippen LogP contribution < -0.4 is 10.6 Å². The Morgan fingerprint density at radius 2 is 1.57 bits per heavy atom. The molecule has 3 N–H and O–H groups in total. The maximum Gasteiger partial charge on any atom is 0.417 e. The Balaban J connectivity index is 0.000000238. The molecule has 0 aliphatic carbocycles. The van der Waals surface area contributed by atoms with Gasteiger partial charge in [-0.2, -0.15) is 36.7 Å². The van der Waals surface area contributed by atoms with Crippen LogP contribution in [0.2, 0.25) is 10.0 Å². The molecule has 0 fully saturated rings. The first-order chi connectivity index (χ1) is 19.0. The van der Waals surface area contributed by atoms with E-state index in [1.165, 1.54) is 23.9 Å². The summed E-state index contributed by atoms with van der Waals surface area (Å²) in [5.41, 5.74) is -0.211. The molecule has 214 valence electrons. The van der Waals surface area contributed by atoms with Crippen LogP contribution in [0.4, 0.5) is 30.4 Å². The molecule has 6 nitrogen and oxygen atoms in total. The highest BCUT2D eigenvalue weighted by Crippen LogP contribution is 2.37. The number of halogens is 5. The monoisotopic (exact) mass is 632 g/mol. The SMILES string of the molecule is CSCc1ccc(C(Nc2ccc(Cl)c(C(F)(F)F)c2)C(=O)O)o1.CSCc1ccc(Nc2ccccc2Cl)o1. The number of carboxylic acid groups (broad SMARTS) is 1. The standard InChI is InChI=1S/C15H13ClF3NO3S.C12H12ClNOS/c1-24-7-9-3-5-12(23-9)13(14(21)22)20-8-2-4-11(16)10(6-8)15(17,18)19;1-16-8-9-6-7-12(15-9)14-11-5-3-2-4-10(11)13/h2-6,13,20H,7H2,1H3,(H,21,22);2-7,14H,8H2,1H3. The molecule has 2 aromatic heterocycles. The summed E-state index contributed by atoms with van der Waals surface area (Å²) in [4.78, 5) is 11.4. The third-order valence-corrected chi connectivity index (χ3v) is 6.97. The fourth-order valence-corrected chi connectivity index (χ4v) is 4.67. The molecule has 4 aromatic rings. The minimum atomic E-state index is -4.64. The number of aliphatic carboxylic acids is 1. The lowest BCUT2D eigenvalue weighted by molar-refractivity contribution is -0.138. The Labute approximate surface area is 247 Å². The van der Waals surface area contributed by atoms with Crippen LogP contribution in [0.5, 0.6) is 0 Å². The highest BCUT2D eigenvalue weighted by Gasteiger charge is 2.34. The van der Waals surface area contributed by atoms with Gasteiger partial charge in [-0.15, -0.1) is 0 Å². The van der Waals surface area contributed by atoms with Crippen molar-refractivity contribution in [3.05, 3.63) is 99.6 Å². The smallest absolute Gasteiger partial charge is 0.417 e. The molecule has 0 saturated heterocycles. The average molecular weight is 634 g/mol. The summed E-state index contributed by atoms with van der Waals surface area (Å²) in [6.07, 6.45) is -0.727. The quantitative estimate of drug-likeness (QED) is 0.159. The largest absolute Gasteiger partial charge is 0.479 e. The summed E-state index contributed by atoms with van der Waals surface area (Å²) in [5.74, 6) is 2.53. The predicted octanol–water partition coefficient (Wildman–Crippen LogP) is 9.59. The number of carbonyl (C=O) groups is 1. The van der Waals surface area contributed by atoms with E-state index in [0.29, 0.717) is 16.5 Å². The van der Waals surface area contributed by atoms with Gasteiger partial charge in [0.05, 0.1) is 32.8 Å². The molecule has 2 aromatic carbocycles. The Kier molecular flexibility index (Phi) is 11.6. The number of para-hydroxylation sites is 1. The van der Waals surface area contributed by atoms with E-state index in [0.717, 1.165) is 35.2 Å². The lowest BCUT2D eigenvalue weighted by atomic mass is 10.1. The van der Waals surface area contributed by atoms with Gasteiger partial charge >= 0.3 is 12.1 Å². The number of anilines is 3. The van der Waals surface area contributed by atoms with Crippen LogP contribution in [0.3, 0.4) is 0 Å². The number of benzene rings is 2. The van der Waals surface area contributed by atoms with Crippen molar-refractivity contribution in [2.45, 2.75) is 23.7 Å². The van der Waals surface area contributed by atoms with Crippen LogP contribution in [0.1, 0.15) is 28.9 Å². The minimum Gasteiger partial charge on any atom is -0.479 e. The summed E-state index contributed by atoms with van der Waals surface area (Å²) in [6, 6.07) is 16.4. The summed E-state index contributed by atoms with van der Waals surface area (Å²) in [6.45, 7) is 0. The number of carboxylic acids is 1. The number of rotatable bonds is 10. The second-order valence-corrected chi connectivity index (χ2v) is 10.7. The second kappa shape index (κ2) is 14.7. The highest BCUT2D eigenvalue weighted by molar-refractivity contribution is 7.98. The van der Waals surface area contributed by atoms with Crippen molar-refractivity contribution < 1.29 is 31.9 Å². The first-order valence-corrected chi connectivity index (χ1v) is 15.1. The Bertz CT molecular complexity index is 1410. The molecule has 0 bridgehead atoms. The third kappa shape index (κ3) is 9.09. The number of hydrogen-bond acceptors (Lipinski definition) is 7. The molecule has 2 heterocycles. The summed E-state index contributed by atoms with van der Waals surface area (Å²) < 4.78 is 49.7. The number of furan rings is 2. The molecule has 13 heteroatoms. The molecular formula is C27H25Cl2F3N2O4S2. The first-order valence-electron chi connectivity index (χ1n) is 11.5. The summed E-state index contributed by atoms with van der Waals surface area (Å²) in [5, 5.41) is 15.2. The molecule has 0 amide bonds. The van der Waals surface area contributed by atoms with Gasteiger partial charge in [-0.05, 0) is 61.0 Å². The zero-order valence-electron chi connectivity index (χ0n) is 21.2. The van der Waals surface area contributed by atoms with Crippen LogP contribution in [0.15, 0.2) is 75.6 Å². The van der Waals surface area contributed by atoms with Crippen molar-refractivity contribution >= 4 is 70.0 Å². The summed E-state index contributed by atoms with van der Waals surface area (Å²) in [7, 11) is 0. The van der Waals surface area contributed by atoms with Gasteiger partial charge in [-0.1, -0.05) is 35.3 Å². The molecule has 0 aliphatic rings. The van der Waals surface area contributed by atoms with Crippen molar-refractivity contribution in [2.24, 2.45) is 0 Å². The maximum absolute atomic E-state index is 12.9. The molecule has 1 unspecified atom stereocenters. The average Bonchev–Trinajstić information content (AvgIpc) is 3.54. The van der Waals surface area contributed by atoms with Gasteiger partial charge in [0.2, 0.25) is 0 Å². The van der Waals surface area contributed by atoms with Gasteiger partial charge in [0.25, 0.3) is 0 Å². The van der Waals surface area contributed by atoms with Crippen molar-refractivity contribution in [3.8, 4) is 0 Å². The van der Waals surface area contributed by atoms with E-state index in [9.17, 15) is 23.1 Å². The fourth-order valence-electron chi connectivity index (χ4n) is 3.38. The van der Waals surface area contributed by atoms with Gasteiger partial charge in [0, 0.05) is 11.8 Å². The van der Waals surface area contributed by atoms with Crippen molar-refractivity contribution in [1.82, 2.24) is 0 Å². The normalized spacial score (nSPS) is 11.9. The van der Waals surface area contributed by atoms with E-state index in [4.69, 9.17) is 32.0 Å². The fraction of sp³-hybridized carbons (Fsp3) is 0.222. The van der Waals surface area contributed by atoms with Crippen LogP contribution in [0, 0.1) is 0 Å². The van der Waals surface area contributed by atoms with Crippen molar-refractivity contribution in [1.29, 1.82) is 0 Å². The molecule has 4 rings (SSSR count). The Morgan fingerprint density at radius 1 is 0.925 bits per heavy atom. The summed E-state index contributed by atoms with van der Waals surface area (Å²) >= 11 is 14.8. The van der Waals surface area contributed by atoms with E-state index >= 15 is 0 Å². The number of alkyl halides is 3. The molecule has 0 saturated carbocycles. The van der Waals surface area contributed by atoms with E-state index in [1.54, 1.807) is 17.8 Å².